The minimum atomic E-state index is -0.358. The lowest BCUT2D eigenvalue weighted by Gasteiger charge is -2.41. The maximum absolute atomic E-state index is 5.64. The van der Waals surface area contributed by atoms with Crippen molar-refractivity contribution in [3.63, 3.8) is 0 Å². The Labute approximate surface area is 126 Å². The van der Waals surface area contributed by atoms with Gasteiger partial charge in [0.05, 0.1) is 0 Å². The molecular formula is C16H21N3S. The summed E-state index contributed by atoms with van der Waals surface area (Å²) in [4.78, 5) is 2.22. The average Bonchev–Trinajstić information content (AvgIpc) is 2.38. The lowest BCUT2D eigenvalue weighted by Crippen LogP contribution is -2.57. The molecule has 1 aromatic rings. The Balaban J connectivity index is 2.07. The van der Waals surface area contributed by atoms with Crippen LogP contribution in [0.1, 0.15) is 18.1 Å². The van der Waals surface area contributed by atoms with Gasteiger partial charge in [-0.05, 0) is 55.8 Å². The number of allylic oxidation sites excluding steroid dienone is 2. The van der Waals surface area contributed by atoms with Crippen molar-refractivity contribution in [2.75, 3.05) is 6.54 Å². The first-order valence-electron chi connectivity index (χ1n) is 6.76. The molecule has 20 heavy (non-hydrogen) atoms. The Bertz CT molecular complexity index is 550. The van der Waals surface area contributed by atoms with Gasteiger partial charge in [-0.15, -0.1) is 0 Å². The zero-order chi connectivity index (χ0) is 14.6. The molecule has 0 aliphatic carbocycles. The van der Waals surface area contributed by atoms with Crippen molar-refractivity contribution in [1.29, 1.82) is 0 Å². The normalized spacial score (nSPS) is 21.0. The van der Waals surface area contributed by atoms with Crippen molar-refractivity contribution < 1.29 is 0 Å². The highest BCUT2D eigenvalue weighted by Crippen LogP contribution is 2.19. The van der Waals surface area contributed by atoms with Gasteiger partial charge in [0.15, 0.2) is 5.11 Å². The van der Waals surface area contributed by atoms with Crippen LogP contribution in [-0.2, 0) is 6.42 Å². The quantitative estimate of drug-likeness (QED) is 0.835. The Morgan fingerprint density at radius 2 is 2.10 bits per heavy atom. The van der Waals surface area contributed by atoms with Crippen LogP contribution in [0.3, 0.4) is 0 Å². The number of hydrogen-bond acceptors (Lipinski definition) is 2. The molecule has 1 aromatic carbocycles. The van der Waals surface area contributed by atoms with Crippen molar-refractivity contribution >= 4 is 17.3 Å². The lowest BCUT2D eigenvalue weighted by molar-refractivity contribution is 0.198. The van der Waals surface area contributed by atoms with Crippen LogP contribution in [0, 0.1) is 6.92 Å². The topological polar surface area (TPSA) is 41.3 Å². The van der Waals surface area contributed by atoms with Gasteiger partial charge in [0.2, 0.25) is 0 Å². The van der Waals surface area contributed by atoms with Crippen molar-refractivity contribution in [2.24, 2.45) is 5.73 Å². The van der Waals surface area contributed by atoms with Gasteiger partial charge in [-0.2, -0.15) is 0 Å². The number of aryl methyl sites for hydroxylation is 1. The van der Waals surface area contributed by atoms with E-state index in [9.17, 15) is 0 Å². The van der Waals surface area contributed by atoms with E-state index in [0.717, 1.165) is 13.0 Å². The summed E-state index contributed by atoms with van der Waals surface area (Å²) in [5.74, 6) is 0. The highest BCUT2D eigenvalue weighted by Gasteiger charge is 2.28. The second-order valence-corrected chi connectivity index (χ2v) is 5.65. The van der Waals surface area contributed by atoms with Crippen LogP contribution in [-0.4, -0.2) is 22.2 Å². The van der Waals surface area contributed by atoms with E-state index in [1.54, 1.807) is 0 Å². The summed E-state index contributed by atoms with van der Waals surface area (Å²) in [7, 11) is 0. The largest absolute Gasteiger partial charge is 0.376 e. The third kappa shape index (κ3) is 3.39. The zero-order valence-corrected chi connectivity index (χ0v) is 12.8. The molecule has 1 heterocycles. The lowest BCUT2D eigenvalue weighted by atomic mass is 10.0. The van der Waals surface area contributed by atoms with Crippen LogP contribution in [0.2, 0.25) is 0 Å². The van der Waals surface area contributed by atoms with Crippen molar-refractivity contribution in [1.82, 2.24) is 10.2 Å². The molecule has 3 nitrogen and oxygen atoms in total. The fourth-order valence-electron chi connectivity index (χ4n) is 2.45. The number of nitrogens with one attached hydrogen (secondary N) is 1. The van der Waals surface area contributed by atoms with Crippen LogP contribution in [0.15, 0.2) is 48.7 Å². The molecular weight excluding hydrogens is 266 g/mol. The van der Waals surface area contributed by atoms with Gasteiger partial charge in [-0.3, -0.25) is 0 Å². The maximum Gasteiger partial charge on any atom is 0.165 e. The fraction of sp³-hybridized carbons (Fsp3) is 0.312. The molecule has 1 unspecified atom stereocenters. The summed E-state index contributed by atoms with van der Waals surface area (Å²) in [6.07, 6.45) is 9.17. The standard InChI is InChI=1S/C16H21N3S/c1-13-7-3-4-8-14(13)9-12-19-11-6-5-10-16(19,2)18-15(17)20/h3-8,10-11H,9,12H2,1-2H3,(H3,17,18,20). The molecule has 2 rings (SSSR count). The van der Waals surface area contributed by atoms with E-state index in [1.165, 1.54) is 11.1 Å². The predicted octanol–water partition coefficient (Wildman–Crippen LogP) is 2.47. The van der Waals surface area contributed by atoms with Gasteiger partial charge in [0.1, 0.15) is 5.66 Å². The fourth-order valence-corrected chi connectivity index (χ4v) is 2.65. The molecule has 1 aliphatic rings. The van der Waals surface area contributed by atoms with Crippen molar-refractivity contribution in [2.45, 2.75) is 25.9 Å². The molecule has 4 heteroatoms. The molecule has 0 radical (unpaired) electrons. The van der Waals surface area contributed by atoms with E-state index in [4.69, 9.17) is 18.0 Å². The molecule has 1 atom stereocenters. The zero-order valence-electron chi connectivity index (χ0n) is 12.0. The second-order valence-electron chi connectivity index (χ2n) is 5.21. The van der Waals surface area contributed by atoms with Crippen LogP contribution in [0.5, 0.6) is 0 Å². The molecule has 0 fully saturated rings. The molecule has 1 aliphatic heterocycles. The monoisotopic (exact) mass is 287 g/mol. The summed E-state index contributed by atoms with van der Waals surface area (Å²) in [5.41, 5.74) is 7.98. The van der Waals surface area contributed by atoms with E-state index < -0.39 is 0 Å². The van der Waals surface area contributed by atoms with Crippen LogP contribution < -0.4 is 11.1 Å². The Kier molecular flexibility index (Phi) is 4.45. The molecule has 0 bridgehead atoms. The first-order valence-corrected chi connectivity index (χ1v) is 7.17. The molecule has 0 saturated carbocycles. The van der Waals surface area contributed by atoms with Crippen LogP contribution in [0.4, 0.5) is 0 Å². The maximum atomic E-state index is 5.64. The Morgan fingerprint density at radius 3 is 2.80 bits per heavy atom. The van der Waals surface area contributed by atoms with Crippen LogP contribution >= 0.6 is 12.2 Å². The van der Waals surface area contributed by atoms with E-state index in [-0.39, 0.29) is 5.66 Å². The second kappa shape index (κ2) is 6.09. The van der Waals surface area contributed by atoms with Crippen molar-refractivity contribution in [3.05, 3.63) is 59.8 Å². The smallest absolute Gasteiger partial charge is 0.165 e. The van der Waals surface area contributed by atoms with E-state index in [0.29, 0.717) is 5.11 Å². The highest BCUT2D eigenvalue weighted by atomic mass is 32.1. The third-order valence-electron chi connectivity index (χ3n) is 3.65. The van der Waals surface area contributed by atoms with E-state index >= 15 is 0 Å². The predicted molar refractivity (Wildman–Crippen MR) is 88.2 cm³/mol. The van der Waals surface area contributed by atoms with E-state index in [2.05, 4.69) is 60.6 Å². The molecule has 3 N–H and O–H groups in total. The first-order chi connectivity index (χ1) is 9.51. The third-order valence-corrected chi connectivity index (χ3v) is 3.76. The summed E-state index contributed by atoms with van der Waals surface area (Å²) < 4.78 is 0. The number of nitrogens with two attached hydrogens (primary N) is 1. The molecule has 0 amide bonds. The summed E-state index contributed by atoms with van der Waals surface area (Å²) in [6, 6.07) is 8.48. The Morgan fingerprint density at radius 1 is 1.35 bits per heavy atom. The van der Waals surface area contributed by atoms with Gasteiger partial charge in [0.25, 0.3) is 0 Å². The number of nitrogens with zero attached hydrogens (tertiary/aromatic N) is 1. The van der Waals surface area contributed by atoms with Crippen LogP contribution in [0.25, 0.3) is 0 Å². The SMILES string of the molecule is Cc1ccccc1CCN1C=CC=CC1(C)NC(N)=S. The van der Waals surface area contributed by atoms with Gasteiger partial charge >= 0.3 is 0 Å². The first kappa shape index (κ1) is 14.6. The van der Waals surface area contributed by atoms with Gasteiger partial charge in [0, 0.05) is 12.7 Å². The van der Waals surface area contributed by atoms with Gasteiger partial charge in [-0.1, -0.05) is 30.3 Å². The minimum absolute atomic E-state index is 0.313. The summed E-state index contributed by atoms with van der Waals surface area (Å²) >= 11 is 4.98. The number of thiocarbonyl (C=S) groups is 1. The molecule has 0 saturated heterocycles. The number of benzene rings is 1. The van der Waals surface area contributed by atoms with Crippen molar-refractivity contribution in [3.8, 4) is 0 Å². The molecule has 0 spiro atoms. The molecule has 0 aromatic heterocycles. The minimum Gasteiger partial charge on any atom is -0.376 e. The van der Waals surface area contributed by atoms with E-state index in [1.807, 2.05) is 12.2 Å². The molecule has 106 valence electrons. The average molecular weight is 287 g/mol. The number of rotatable bonds is 4. The summed E-state index contributed by atoms with van der Waals surface area (Å²) in [6.45, 7) is 5.12. The number of hydrogen-bond donors (Lipinski definition) is 2. The highest BCUT2D eigenvalue weighted by molar-refractivity contribution is 7.80. The summed E-state index contributed by atoms with van der Waals surface area (Å²) in [5, 5.41) is 3.47. The van der Waals surface area contributed by atoms with Gasteiger partial charge in [-0.25, -0.2) is 0 Å². The Hall–Kier alpha value is -1.81. The van der Waals surface area contributed by atoms with Gasteiger partial charge < -0.3 is 16.0 Å².